The minimum Gasteiger partial charge on any atom is -0.480 e. The van der Waals surface area contributed by atoms with E-state index in [0.29, 0.717) is 19.4 Å². The number of carbonyl (C=O) groups excluding carboxylic acids is 1. The lowest BCUT2D eigenvalue weighted by Crippen LogP contribution is -2.48. The molecule has 2 fully saturated rings. The van der Waals surface area contributed by atoms with Crippen molar-refractivity contribution >= 4 is 21.9 Å². The summed E-state index contributed by atoms with van der Waals surface area (Å²) in [5, 5.41) is 8.89. The Kier molecular flexibility index (Phi) is 4.33. The number of hydrogen-bond donors (Lipinski definition) is 1. The van der Waals surface area contributed by atoms with E-state index >= 15 is 0 Å². The maximum absolute atomic E-state index is 12.4. The molecule has 7 nitrogen and oxygen atoms in total. The van der Waals surface area contributed by atoms with E-state index in [1.165, 1.54) is 9.21 Å². The van der Waals surface area contributed by atoms with Crippen LogP contribution >= 0.6 is 0 Å². The lowest BCUT2D eigenvalue weighted by atomic mass is 9.98. The van der Waals surface area contributed by atoms with Crippen molar-refractivity contribution in [3.05, 3.63) is 0 Å². The van der Waals surface area contributed by atoms with Crippen LogP contribution in [0.2, 0.25) is 0 Å². The summed E-state index contributed by atoms with van der Waals surface area (Å²) in [6.07, 6.45) is 4.06. The average molecular weight is 304 g/mol. The monoisotopic (exact) mass is 304 g/mol. The van der Waals surface area contributed by atoms with E-state index in [1.807, 2.05) is 0 Å². The number of hydrogen-bond acceptors (Lipinski definition) is 4. The fourth-order valence-corrected chi connectivity index (χ4v) is 3.51. The van der Waals surface area contributed by atoms with Gasteiger partial charge in [-0.05, 0) is 25.7 Å². The smallest absolute Gasteiger partial charge is 0.323 e. The minimum absolute atomic E-state index is 0.0206. The van der Waals surface area contributed by atoms with E-state index in [-0.39, 0.29) is 25.0 Å². The topological polar surface area (TPSA) is 95.0 Å². The van der Waals surface area contributed by atoms with Gasteiger partial charge in [0.05, 0.1) is 12.2 Å². The van der Waals surface area contributed by atoms with E-state index in [4.69, 9.17) is 5.11 Å². The van der Waals surface area contributed by atoms with Crippen LogP contribution in [0.5, 0.6) is 0 Å². The van der Waals surface area contributed by atoms with Crippen LogP contribution in [0, 0.1) is 5.92 Å². The first-order chi connectivity index (χ1) is 9.29. The van der Waals surface area contributed by atoms with Crippen molar-refractivity contribution < 1.29 is 23.1 Å². The Morgan fingerprint density at radius 3 is 2.45 bits per heavy atom. The fraction of sp³-hybridized carbons (Fsp3) is 0.833. The molecule has 1 saturated carbocycles. The molecule has 1 aliphatic heterocycles. The van der Waals surface area contributed by atoms with Gasteiger partial charge >= 0.3 is 5.97 Å². The molecule has 1 N–H and O–H groups in total. The third-order valence-corrected chi connectivity index (χ3v) is 5.05. The first-order valence-corrected chi connectivity index (χ1v) is 8.61. The zero-order valence-corrected chi connectivity index (χ0v) is 12.3. The molecule has 20 heavy (non-hydrogen) atoms. The Morgan fingerprint density at radius 2 is 1.95 bits per heavy atom. The lowest BCUT2D eigenvalue weighted by Gasteiger charge is -2.33. The van der Waals surface area contributed by atoms with Crippen LogP contribution in [0.1, 0.15) is 25.7 Å². The molecule has 1 aliphatic carbocycles. The Labute approximate surface area is 118 Å². The van der Waals surface area contributed by atoms with Crippen LogP contribution in [0.15, 0.2) is 0 Å². The van der Waals surface area contributed by atoms with Crippen molar-refractivity contribution in [2.75, 3.05) is 25.9 Å². The normalized spacial score (nSPS) is 24.4. The Morgan fingerprint density at radius 1 is 1.30 bits per heavy atom. The van der Waals surface area contributed by atoms with Gasteiger partial charge in [0.15, 0.2) is 0 Å². The zero-order chi connectivity index (χ0) is 14.9. The zero-order valence-electron chi connectivity index (χ0n) is 11.5. The first kappa shape index (κ1) is 15.2. The van der Waals surface area contributed by atoms with E-state index < -0.39 is 21.9 Å². The van der Waals surface area contributed by atoms with Gasteiger partial charge < -0.3 is 10.0 Å². The number of aliphatic carboxylic acids is 1. The summed E-state index contributed by atoms with van der Waals surface area (Å²) in [4.78, 5) is 24.7. The molecule has 0 spiro atoms. The summed E-state index contributed by atoms with van der Waals surface area (Å²) < 4.78 is 24.4. The third-order valence-electron chi connectivity index (χ3n) is 3.78. The van der Waals surface area contributed by atoms with Gasteiger partial charge in [-0.15, -0.1) is 0 Å². The predicted molar refractivity (Wildman–Crippen MR) is 71.5 cm³/mol. The highest BCUT2D eigenvalue weighted by molar-refractivity contribution is 7.88. The first-order valence-electron chi connectivity index (χ1n) is 6.76. The third kappa shape index (κ3) is 3.69. The van der Waals surface area contributed by atoms with Crippen molar-refractivity contribution in [1.29, 1.82) is 0 Å². The highest BCUT2D eigenvalue weighted by Gasteiger charge is 2.39. The number of carboxylic acid groups (broad SMARTS) is 1. The van der Waals surface area contributed by atoms with Crippen LogP contribution in [0.3, 0.4) is 0 Å². The number of amides is 1. The van der Waals surface area contributed by atoms with E-state index in [9.17, 15) is 18.0 Å². The molecule has 0 aromatic rings. The Hall–Kier alpha value is -1.15. The molecule has 0 aromatic heterocycles. The standard InChI is InChI=1S/C12H20N2O5S/c1-20(18,19)13-6-2-3-9(7-13)12(17)14(8-11(15)16)10-4-5-10/h9-10H,2-8H2,1H3,(H,15,16). The van der Waals surface area contributed by atoms with E-state index in [0.717, 1.165) is 19.1 Å². The lowest BCUT2D eigenvalue weighted by molar-refractivity contribution is -0.147. The number of carbonyl (C=O) groups is 2. The summed E-state index contributed by atoms with van der Waals surface area (Å²) in [5.74, 6) is -1.66. The maximum Gasteiger partial charge on any atom is 0.323 e. The van der Waals surface area contributed by atoms with Gasteiger partial charge in [0.25, 0.3) is 0 Å². The highest BCUT2D eigenvalue weighted by atomic mass is 32.2. The van der Waals surface area contributed by atoms with Gasteiger partial charge in [0.1, 0.15) is 6.54 Å². The van der Waals surface area contributed by atoms with Crippen LogP contribution in [0.4, 0.5) is 0 Å². The quantitative estimate of drug-likeness (QED) is 0.754. The summed E-state index contributed by atoms with van der Waals surface area (Å²) in [6, 6.07) is 0.0206. The molecule has 8 heteroatoms. The number of sulfonamides is 1. The molecule has 0 radical (unpaired) electrons. The maximum atomic E-state index is 12.4. The summed E-state index contributed by atoms with van der Waals surface area (Å²) >= 11 is 0. The van der Waals surface area contributed by atoms with E-state index in [1.54, 1.807) is 0 Å². The highest BCUT2D eigenvalue weighted by Crippen LogP contribution is 2.30. The van der Waals surface area contributed by atoms with Gasteiger partial charge in [0, 0.05) is 19.1 Å². The Balaban J connectivity index is 2.05. The SMILES string of the molecule is CS(=O)(=O)N1CCCC(C(=O)N(CC(=O)O)C2CC2)C1. The van der Waals surface area contributed by atoms with Gasteiger partial charge in [-0.25, -0.2) is 12.7 Å². The number of nitrogens with zero attached hydrogens (tertiary/aromatic N) is 2. The summed E-state index contributed by atoms with van der Waals surface area (Å²) in [5.41, 5.74) is 0. The second kappa shape index (κ2) is 5.69. The minimum atomic E-state index is -3.30. The van der Waals surface area contributed by atoms with Crippen molar-refractivity contribution in [1.82, 2.24) is 9.21 Å². The van der Waals surface area contributed by atoms with Crippen LogP contribution < -0.4 is 0 Å². The molecule has 0 bridgehead atoms. The van der Waals surface area contributed by atoms with E-state index in [2.05, 4.69) is 0 Å². The number of carboxylic acids is 1. The molecular formula is C12H20N2O5S. The molecule has 0 aromatic carbocycles. The second-order valence-corrected chi connectivity index (χ2v) is 7.53. The second-order valence-electron chi connectivity index (χ2n) is 5.55. The molecule has 114 valence electrons. The van der Waals surface area contributed by atoms with Gasteiger partial charge in [0.2, 0.25) is 15.9 Å². The predicted octanol–water partition coefficient (Wildman–Crippen LogP) is -0.266. The van der Waals surface area contributed by atoms with Crippen molar-refractivity contribution in [3.63, 3.8) is 0 Å². The van der Waals surface area contributed by atoms with Crippen molar-refractivity contribution in [2.24, 2.45) is 5.92 Å². The van der Waals surface area contributed by atoms with Crippen LogP contribution in [-0.4, -0.2) is 66.5 Å². The molecule has 2 rings (SSSR count). The molecular weight excluding hydrogens is 284 g/mol. The van der Waals surface area contributed by atoms with Crippen molar-refractivity contribution in [3.8, 4) is 0 Å². The van der Waals surface area contributed by atoms with Gasteiger partial charge in [-0.3, -0.25) is 9.59 Å². The molecule has 1 heterocycles. The molecule has 1 atom stereocenters. The number of piperidine rings is 1. The van der Waals surface area contributed by atoms with Crippen LogP contribution in [0.25, 0.3) is 0 Å². The van der Waals surface area contributed by atoms with Crippen molar-refractivity contribution in [2.45, 2.75) is 31.7 Å². The summed E-state index contributed by atoms with van der Waals surface area (Å²) in [6.45, 7) is 0.310. The number of rotatable bonds is 5. The largest absolute Gasteiger partial charge is 0.480 e. The van der Waals surface area contributed by atoms with Gasteiger partial charge in [-0.2, -0.15) is 0 Å². The average Bonchev–Trinajstić information content (AvgIpc) is 3.18. The molecule has 2 aliphatic rings. The molecule has 1 unspecified atom stereocenters. The molecule has 1 amide bonds. The fourth-order valence-electron chi connectivity index (χ4n) is 2.60. The van der Waals surface area contributed by atoms with Crippen LogP contribution in [-0.2, 0) is 19.6 Å². The molecule has 1 saturated heterocycles. The Bertz CT molecular complexity index is 500. The summed E-state index contributed by atoms with van der Waals surface area (Å²) in [7, 11) is -3.30. The van der Waals surface area contributed by atoms with Gasteiger partial charge in [-0.1, -0.05) is 0 Å².